The van der Waals surface area contributed by atoms with E-state index in [0.717, 1.165) is 33.1 Å². The van der Waals surface area contributed by atoms with E-state index in [2.05, 4.69) is 77.9 Å². The second kappa shape index (κ2) is 7.25. The Labute approximate surface area is 188 Å². The summed E-state index contributed by atoms with van der Waals surface area (Å²) < 4.78 is 6.47. The molecule has 0 fully saturated rings. The van der Waals surface area contributed by atoms with Crippen LogP contribution in [0.3, 0.4) is 0 Å². The third-order valence-electron chi connectivity index (χ3n) is 5.67. The van der Waals surface area contributed by atoms with Crippen LogP contribution >= 0.6 is 23.2 Å². The molecule has 3 heteroatoms. The van der Waals surface area contributed by atoms with Gasteiger partial charge in [0.05, 0.1) is 10.8 Å². The summed E-state index contributed by atoms with van der Waals surface area (Å²) in [4.78, 5) is 0. The molecule has 0 radical (unpaired) electrons. The fraction of sp³-hybridized carbons (Fsp3) is 0.296. The number of benzene rings is 3. The van der Waals surface area contributed by atoms with E-state index < -0.39 is 0 Å². The highest BCUT2D eigenvalue weighted by atomic mass is 35.5. The van der Waals surface area contributed by atoms with E-state index in [-0.39, 0.29) is 10.8 Å². The fourth-order valence-electron chi connectivity index (χ4n) is 3.83. The molecule has 30 heavy (non-hydrogen) atoms. The molecule has 1 heterocycles. The lowest BCUT2D eigenvalue weighted by Crippen LogP contribution is -2.11. The number of rotatable bonds is 1. The Balaban J connectivity index is 2.17. The zero-order chi connectivity index (χ0) is 21.8. The zero-order valence-electron chi connectivity index (χ0n) is 18.4. The molecule has 0 amide bonds. The molecule has 0 saturated carbocycles. The predicted octanol–water partition coefficient (Wildman–Crippen LogP) is 9.44. The second-order valence-corrected chi connectivity index (χ2v) is 10.8. The SMILES string of the molecule is CC(C)(C)c1ccc2c(-c3c(Cl)cccc3Cl)c3ccc(C(C)(C)C)cc3[o+]c2c1. The predicted molar refractivity (Wildman–Crippen MR) is 131 cm³/mol. The van der Waals surface area contributed by atoms with Crippen molar-refractivity contribution in [2.75, 3.05) is 0 Å². The topological polar surface area (TPSA) is 11.3 Å². The molecule has 0 spiro atoms. The van der Waals surface area contributed by atoms with Gasteiger partial charge in [0, 0.05) is 33.3 Å². The molecular formula is C27H27Cl2O+. The van der Waals surface area contributed by atoms with Crippen LogP contribution in [0.2, 0.25) is 10.0 Å². The molecule has 0 unspecified atom stereocenters. The summed E-state index contributed by atoms with van der Waals surface area (Å²) in [5.74, 6) is 0. The third-order valence-corrected chi connectivity index (χ3v) is 6.30. The van der Waals surface area contributed by atoms with Crippen molar-refractivity contribution in [3.63, 3.8) is 0 Å². The van der Waals surface area contributed by atoms with Gasteiger partial charge in [-0.15, -0.1) is 0 Å². The Bertz CT molecular complexity index is 1180. The van der Waals surface area contributed by atoms with Gasteiger partial charge in [-0.3, -0.25) is 0 Å². The van der Waals surface area contributed by atoms with Crippen molar-refractivity contribution in [2.24, 2.45) is 0 Å². The first-order valence-corrected chi connectivity index (χ1v) is 11.0. The molecule has 154 valence electrons. The molecule has 0 aliphatic heterocycles. The highest BCUT2D eigenvalue weighted by molar-refractivity contribution is 6.40. The van der Waals surface area contributed by atoms with Crippen molar-refractivity contribution in [1.29, 1.82) is 0 Å². The summed E-state index contributed by atoms with van der Waals surface area (Å²) in [7, 11) is 0. The Morgan fingerprint density at radius 2 is 1.03 bits per heavy atom. The van der Waals surface area contributed by atoms with Crippen LogP contribution in [0.25, 0.3) is 33.1 Å². The first kappa shape index (κ1) is 21.2. The van der Waals surface area contributed by atoms with E-state index in [4.69, 9.17) is 27.6 Å². The van der Waals surface area contributed by atoms with Gasteiger partial charge >= 0.3 is 11.2 Å². The standard InChI is InChI=1S/C27H27Cl2O/c1-26(2,3)16-10-12-18-22(14-16)30-23-15-17(27(4,5)6)11-13-19(23)24(18)25-20(28)8-7-9-21(25)29/h7-15H,1-6H3/q+1. The molecule has 0 bridgehead atoms. The summed E-state index contributed by atoms with van der Waals surface area (Å²) in [6.07, 6.45) is 0. The average Bonchev–Trinajstić information content (AvgIpc) is 2.64. The van der Waals surface area contributed by atoms with E-state index in [1.54, 1.807) is 0 Å². The highest BCUT2D eigenvalue weighted by Crippen LogP contribution is 2.44. The fourth-order valence-corrected chi connectivity index (χ4v) is 4.42. The monoisotopic (exact) mass is 437 g/mol. The van der Waals surface area contributed by atoms with Gasteiger partial charge in [0.15, 0.2) is 0 Å². The van der Waals surface area contributed by atoms with Gasteiger partial charge in [0.25, 0.3) is 0 Å². The minimum absolute atomic E-state index is 0.0219. The molecule has 0 saturated heterocycles. The zero-order valence-corrected chi connectivity index (χ0v) is 19.9. The molecule has 0 atom stereocenters. The summed E-state index contributed by atoms with van der Waals surface area (Å²) in [6.45, 7) is 13.2. The summed E-state index contributed by atoms with van der Waals surface area (Å²) in [6, 6.07) is 18.5. The van der Waals surface area contributed by atoms with Gasteiger partial charge in [-0.1, -0.05) is 82.9 Å². The van der Waals surface area contributed by atoms with Gasteiger partial charge in [-0.05, 0) is 46.2 Å². The van der Waals surface area contributed by atoms with Crippen LogP contribution < -0.4 is 0 Å². The lowest BCUT2D eigenvalue weighted by molar-refractivity contribution is 0.583. The number of hydrogen-bond donors (Lipinski definition) is 0. The summed E-state index contributed by atoms with van der Waals surface area (Å²) in [5, 5.41) is 3.29. The quantitative estimate of drug-likeness (QED) is 0.213. The van der Waals surface area contributed by atoms with Crippen molar-refractivity contribution in [3.05, 3.63) is 75.8 Å². The Hall–Kier alpha value is -2.09. The van der Waals surface area contributed by atoms with Crippen LogP contribution in [0, 0.1) is 0 Å². The van der Waals surface area contributed by atoms with Crippen LogP contribution in [-0.2, 0) is 10.8 Å². The molecule has 0 aliphatic rings. The average molecular weight is 438 g/mol. The summed E-state index contributed by atoms with van der Waals surface area (Å²) >= 11 is 13.3. The molecule has 4 rings (SSSR count). The van der Waals surface area contributed by atoms with Crippen molar-refractivity contribution in [3.8, 4) is 11.1 Å². The molecule has 3 aromatic carbocycles. The highest BCUT2D eigenvalue weighted by Gasteiger charge is 2.27. The number of halogens is 2. The molecule has 4 aromatic rings. The number of hydrogen-bond acceptors (Lipinski definition) is 0. The maximum Gasteiger partial charge on any atom is 0.361 e. The van der Waals surface area contributed by atoms with E-state index in [0.29, 0.717) is 10.0 Å². The van der Waals surface area contributed by atoms with Crippen LogP contribution in [-0.4, -0.2) is 0 Å². The van der Waals surface area contributed by atoms with E-state index in [1.807, 2.05) is 18.2 Å². The number of fused-ring (bicyclic) bond motifs is 2. The van der Waals surface area contributed by atoms with Crippen LogP contribution in [0.5, 0.6) is 0 Å². The normalized spacial score (nSPS) is 12.7. The lowest BCUT2D eigenvalue weighted by Gasteiger charge is -2.19. The Kier molecular flexibility index (Phi) is 5.11. The maximum absolute atomic E-state index is 6.66. The molecule has 0 aliphatic carbocycles. The van der Waals surface area contributed by atoms with Crippen LogP contribution in [0.15, 0.2) is 59.0 Å². The van der Waals surface area contributed by atoms with E-state index in [9.17, 15) is 0 Å². The van der Waals surface area contributed by atoms with Gasteiger partial charge in [0.2, 0.25) is 0 Å². The molecule has 1 nitrogen and oxygen atoms in total. The Morgan fingerprint density at radius 1 is 0.600 bits per heavy atom. The van der Waals surface area contributed by atoms with Crippen LogP contribution in [0.4, 0.5) is 0 Å². The maximum atomic E-state index is 6.66. The Morgan fingerprint density at radius 3 is 1.43 bits per heavy atom. The van der Waals surface area contributed by atoms with Gasteiger partial charge in [-0.25, -0.2) is 4.42 Å². The minimum atomic E-state index is 0.0219. The second-order valence-electron chi connectivity index (χ2n) is 10.00. The van der Waals surface area contributed by atoms with E-state index in [1.165, 1.54) is 11.1 Å². The van der Waals surface area contributed by atoms with Gasteiger partial charge in [-0.2, -0.15) is 0 Å². The largest absolute Gasteiger partial charge is 0.361 e. The lowest BCUT2D eigenvalue weighted by atomic mass is 9.84. The first-order chi connectivity index (χ1) is 14.0. The minimum Gasteiger partial charge on any atom is -0.207 e. The van der Waals surface area contributed by atoms with Gasteiger partial charge in [0.1, 0.15) is 0 Å². The third kappa shape index (κ3) is 3.70. The van der Waals surface area contributed by atoms with Gasteiger partial charge < -0.3 is 0 Å². The van der Waals surface area contributed by atoms with Crippen molar-refractivity contribution < 1.29 is 4.42 Å². The summed E-state index contributed by atoms with van der Waals surface area (Å²) in [5.41, 5.74) is 6.03. The van der Waals surface area contributed by atoms with Crippen LogP contribution in [0.1, 0.15) is 52.7 Å². The molecular weight excluding hydrogens is 411 g/mol. The molecule has 0 N–H and O–H groups in total. The van der Waals surface area contributed by atoms with Crippen molar-refractivity contribution in [1.82, 2.24) is 0 Å². The molecule has 1 aromatic heterocycles. The van der Waals surface area contributed by atoms with Crippen molar-refractivity contribution >= 4 is 45.1 Å². The first-order valence-electron chi connectivity index (χ1n) is 10.3. The smallest absolute Gasteiger partial charge is 0.207 e. The van der Waals surface area contributed by atoms with Crippen molar-refractivity contribution in [2.45, 2.75) is 52.4 Å². The van der Waals surface area contributed by atoms with E-state index >= 15 is 0 Å².